The zero-order valence-corrected chi connectivity index (χ0v) is 8.57. The van der Waals surface area contributed by atoms with Crippen molar-refractivity contribution in [2.75, 3.05) is 7.11 Å². The highest BCUT2D eigenvalue weighted by Gasteiger charge is 1.91. The molecule has 76 valence electrons. The number of benzene rings is 1. The molecule has 0 amide bonds. The molecule has 4 nitrogen and oxygen atoms in total. The molecule has 0 radical (unpaired) electrons. The Morgan fingerprint density at radius 2 is 2.14 bits per heavy atom. The molecule has 0 saturated carbocycles. The van der Waals surface area contributed by atoms with Crippen molar-refractivity contribution >= 4 is 16.6 Å². The third kappa shape index (κ3) is 4.15. The molecule has 0 aliphatic carbocycles. The minimum absolute atomic E-state index is 0.359. The van der Waals surface area contributed by atoms with Gasteiger partial charge in [-0.3, -0.25) is 4.18 Å². The van der Waals surface area contributed by atoms with Gasteiger partial charge in [-0.2, -0.15) is 0 Å². The highest BCUT2D eigenvalue weighted by Crippen LogP contribution is 2.00. The van der Waals surface area contributed by atoms with E-state index < -0.39 is 11.1 Å². The minimum atomic E-state index is -1.50. The monoisotopic (exact) mass is 213 g/mol. The van der Waals surface area contributed by atoms with Gasteiger partial charge in [0.15, 0.2) is 5.55 Å². The maximum Gasteiger partial charge on any atom is 0.203 e. The average Bonchev–Trinajstić information content (AvgIpc) is 2.25. The van der Waals surface area contributed by atoms with Crippen molar-refractivity contribution < 1.29 is 13.2 Å². The Hall–Kier alpha value is -1.20. The second kappa shape index (κ2) is 6.28. The predicted molar refractivity (Wildman–Crippen MR) is 54.9 cm³/mol. The van der Waals surface area contributed by atoms with Crippen molar-refractivity contribution in [2.45, 2.75) is 6.61 Å². The molecule has 1 unspecified atom stereocenters. The lowest BCUT2D eigenvalue weighted by Crippen LogP contribution is -1.93. The van der Waals surface area contributed by atoms with Crippen LogP contribution in [0.15, 0.2) is 35.5 Å². The van der Waals surface area contributed by atoms with Gasteiger partial charge in [0.05, 0.1) is 7.11 Å². The molecular formula is C9H11NO3S. The number of oxime groups is 1. The average molecular weight is 213 g/mol. The van der Waals surface area contributed by atoms with Gasteiger partial charge in [0.25, 0.3) is 0 Å². The number of hydrogen-bond donors (Lipinski definition) is 0. The van der Waals surface area contributed by atoms with E-state index in [9.17, 15) is 4.21 Å². The summed E-state index contributed by atoms with van der Waals surface area (Å²) in [6.07, 6.45) is 0. The summed E-state index contributed by atoms with van der Waals surface area (Å²) in [5.74, 6) is 0. The first kappa shape index (κ1) is 10.9. The Labute approximate surface area is 85.2 Å². The Kier molecular flexibility index (Phi) is 4.88. The summed E-state index contributed by atoms with van der Waals surface area (Å²) >= 11 is -1.50. The second-order valence-electron chi connectivity index (χ2n) is 2.40. The molecule has 0 fully saturated rings. The largest absolute Gasteiger partial charge is 0.390 e. The molecule has 0 spiro atoms. The van der Waals surface area contributed by atoms with E-state index in [1.807, 2.05) is 30.3 Å². The van der Waals surface area contributed by atoms with E-state index in [2.05, 4.69) is 9.34 Å². The van der Waals surface area contributed by atoms with Crippen LogP contribution in [0.2, 0.25) is 0 Å². The first-order chi connectivity index (χ1) is 6.83. The van der Waals surface area contributed by atoms with Gasteiger partial charge in [-0.1, -0.05) is 35.5 Å². The Morgan fingerprint density at radius 3 is 2.79 bits per heavy atom. The van der Waals surface area contributed by atoms with Gasteiger partial charge < -0.3 is 4.84 Å². The number of hydrogen-bond acceptors (Lipinski definition) is 4. The van der Waals surface area contributed by atoms with Crippen LogP contribution in [0.4, 0.5) is 0 Å². The highest BCUT2D eigenvalue weighted by molar-refractivity contribution is 7.94. The van der Waals surface area contributed by atoms with Crippen molar-refractivity contribution in [1.29, 1.82) is 0 Å². The van der Waals surface area contributed by atoms with Gasteiger partial charge in [-0.05, 0) is 5.56 Å². The standard InChI is InChI=1S/C9H11NO3S/c1-12-14(11)8-10-13-7-9-5-3-2-4-6-9/h2-6,8H,7H2,1H3/b10-8-. The van der Waals surface area contributed by atoms with E-state index in [4.69, 9.17) is 4.84 Å². The summed E-state index contributed by atoms with van der Waals surface area (Å²) in [5.41, 5.74) is 2.11. The van der Waals surface area contributed by atoms with Crippen LogP contribution in [-0.2, 0) is 26.7 Å². The quantitative estimate of drug-likeness (QED) is 0.422. The summed E-state index contributed by atoms with van der Waals surface area (Å²) in [5, 5.41) is 3.49. The Bertz CT molecular complexity index is 313. The van der Waals surface area contributed by atoms with Crippen molar-refractivity contribution in [1.82, 2.24) is 0 Å². The first-order valence-corrected chi connectivity index (χ1v) is 5.11. The molecule has 0 N–H and O–H groups in total. The third-order valence-electron chi connectivity index (χ3n) is 1.44. The SMILES string of the molecule is COS(=O)/C=N\OCc1ccccc1. The van der Waals surface area contributed by atoms with Crippen molar-refractivity contribution in [3.8, 4) is 0 Å². The lowest BCUT2D eigenvalue weighted by molar-refractivity contribution is 0.132. The molecule has 0 aliphatic heterocycles. The smallest absolute Gasteiger partial charge is 0.203 e. The molecule has 0 aromatic heterocycles. The molecule has 0 heterocycles. The fraction of sp³-hybridized carbons (Fsp3) is 0.222. The summed E-state index contributed by atoms with van der Waals surface area (Å²) in [6.45, 7) is 0.359. The summed E-state index contributed by atoms with van der Waals surface area (Å²) in [7, 11) is 1.33. The van der Waals surface area contributed by atoms with Crippen LogP contribution < -0.4 is 0 Å². The van der Waals surface area contributed by atoms with Crippen molar-refractivity contribution in [3.63, 3.8) is 0 Å². The molecule has 5 heteroatoms. The normalized spacial score (nSPS) is 12.9. The van der Waals surface area contributed by atoms with Gasteiger partial charge in [-0.25, -0.2) is 4.21 Å². The second-order valence-corrected chi connectivity index (χ2v) is 3.46. The topological polar surface area (TPSA) is 47.9 Å². The maximum atomic E-state index is 10.7. The van der Waals surface area contributed by atoms with Gasteiger partial charge in [0.1, 0.15) is 6.61 Å². The molecule has 14 heavy (non-hydrogen) atoms. The first-order valence-electron chi connectivity index (χ1n) is 3.97. The van der Waals surface area contributed by atoms with Crippen LogP contribution in [0.1, 0.15) is 5.56 Å². The van der Waals surface area contributed by atoms with Crippen LogP contribution in [-0.4, -0.2) is 16.9 Å². The predicted octanol–water partition coefficient (Wildman–Crippen LogP) is 1.46. The molecule has 1 rings (SSSR count). The van der Waals surface area contributed by atoms with Crippen molar-refractivity contribution in [2.24, 2.45) is 5.16 Å². The van der Waals surface area contributed by atoms with E-state index in [-0.39, 0.29) is 0 Å². The lowest BCUT2D eigenvalue weighted by Gasteiger charge is -1.97. The van der Waals surface area contributed by atoms with E-state index in [1.54, 1.807) is 0 Å². The van der Waals surface area contributed by atoms with Gasteiger partial charge in [-0.15, -0.1) is 0 Å². The zero-order chi connectivity index (χ0) is 10.2. The molecule has 0 bridgehead atoms. The van der Waals surface area contributed by atoms with Crippen LogP contribution >= 0.6 is 0 Å². The third-order valence-corrected chi connectivity index (χ3v) is 2.03. The molecule has 0 aliphatic rings. The maximum absolute atomic E-state index is 10.7. The van der Waals surface area contributed by atoms with Gasteiger partial charge in [0, 0.05) is 0 Å². The van der Waals surface area contributed by atoms with Crippen LogP contribution in [0.25, 0.3) is 0 Å². The Balaban J connectivity index is 2.29. The molecular weight excluding hydrogens is 202 g/mol. The van der Waals surface area contributed by atoms with E-state index in [0.29, 0.717) is 6.61 Å². The van der Waals surface area contributed by atoms with Crippen LogP contribution in [0.3, 0.4) is 0 Å². The van der Waals surface area contributed by atoms with Gasteiger partial charge >= 0.3 is 0 Å². The van der Waals surface area contributed by atoms with Crippen LogP contribution in [0.5, 0.6) is 0 Å². The van der Waals surface area contributed by atoms with E-state index in [0.717, 1.165) is 11.1 Å². The fourth-order valence-electron chi connectivity index (χ4n) is 0.795. The lowest BCUT2D eigenvalue weighted by atomic mass is 10.2. The fourth-order valence-corrected chi connectivity index (χ4v) is 1.01. The number of rotatable bonds is 5. The summed E-state index contributed by atoms with van der Waals surface area (Å²) < 4.78 is 15.1. The Morgan fingerprint density at radius 1 is 1.43 bits per heavy atom. The summed E-state index contributed by atoms with van der Waals surface area (Å²) in [6, 6.07) is 9.59. The molecule has 0 saturated heterocycles. The summed E-state index contributed by atoms with van der Waals surface area (Å²) in [4.78, 5) is 4.89. The highest BCUT2D eigenvalue weighted by atomic mass is 32.2. The van der Waals surface area contributed by atoms with Crippen LogP contribution in [0, 0.1) is 0 Å². The van der Waals surface area contributed by atoms with E-state index in [1.165, 1.54) is 7.11 Å². The van der Waals surface area contributed by atoms with Gasteiger partial charge in [0.2, 0.25) is 11.1 Å². The number of nitrogens with zero attached hydrogens (tertiary/aromatic N) is 1. The van der Waals surface area contributed by atoms with Crippen molar-refractivity contribution in [3.05, 3.63) is 35.9 Å². The molecule has 1 aromatic carbocycles. The molecule has 1 atom stereocenters. The zero-order valence-electron chi connectivity index (χ0n) is 7.75. The molecule has 1 aromatic rings. The minimum Gasteiger partial charge on any atom is -0.390 e. The van der Waals surface area contributed by atoms with E-state index >= 15 is 0 Å².